The Labute approximate surface area is 112 Å². The number of benzene rings is 1. The van der Waals surface area contributed by atoms with Crippen LogP contribution in [0, 0.1) is 0 Å². The van der Waals surface area contributed by atoms with E-state index < -0.39 is 11.3 Å². The van der Waals surface area contributed by atoms with Crippen LogP contribution in [0.5, 0.6) is 0 Å². The van der Waals surface area contributed by atoms with Gasteiger partial charge in [0.05, 0.1) is 23.7 Å². The van der Waals surface area contributed by atoms with Gasteiger partial charge < -0.3 is 9.40 Å². The second-order valence-electron chi connectivity index (χ2n) is 4.59. The summed E-state index contributed by atoms with van der Waals surface area (Å²) in [5.74, 6) is -0.460. The zero-order chi connectivity index (χ0) is 13.6. The minimum absolute atomic E-state index is 0.460. The molecule has 1 aliphatic heterocycles. The number of aromatic amines is 2. The van der Waals surface area contributed by atoms with Crippen molar-refractivity contribution in [3.63, 3.8) is 0 Å². The molecule has 2 N–H and O–H groups in total. The van der Waals surface area contributed by atoms with Crippen LogP contribution in [0.1, 0.15) is 11.3 Å². The number of imidazole rings is 1. The van der Waals surface area contributed by atoms with Crippen LogP contribution >= 0.6 is 0 Å². The minimum atomic E-state index is -0.638. The maximum Gasteiger partial charge on any atom is 0.417 e. The summed E-state index contributed by atoms with van der Waals surface area (Å²) in [5.41, 5.74) is 2.31. The highest BCUT2D eigenvalue weighted by atomic mass is 16.4. The molecule has 0 saturated heterocycles. The van der Waals surface area contributed by atoms with Crippen molar-refractivity contribution in [2.45, 2.75) is 5.54 Å². The monoisotopic (exact) mass is 266 g/mol. The molecular weight excluding hydrogens is 256 g/mol. The van der Waals surface area contributed by atoms with E-state index in [0.717, 1.165) is 11.3 Å². The van der Waals surface area contributed by atoms with E-state index in [-0.39, 0.29) is 0 Å². The molecule has 1 aromatic carbocycles. The number of nitrogens with one attached hydrogen (secondary N) is 2. The van der Waals surface area contributed by atoms with E-state index in [1.807, 2.05) is 30.4 Å². The first-order chi connectivity index (χ1) is 9.78. The summed E-state index contributed by atoms with van der Waals surface area (Å²) in [6, 6.07) is 5.55. The molecule has 1 atom stereocenters. The van der Waals surface area contributed by atoms with Gasteiger partial charge in [0.1, 0.15) is 5.54 Å². The number of hydrogen-bond acceptors (Lipinski definition) is 4. The Balaban J connectivity index is 1.97. The summed E-state index contributed by atoms with van der Waals surface area (Å²) in [6.45, 7) is 0. The predicted octanol–water partition coefficient (Wildman–Crippen LogP) is 1.73. The molecule has 0 aliphatic carbocycles. The van der Waals surface area contributed by atoms with Gasteiger partial charge in [-0.15, -0.1) is 0 Å². The van der Waals surface area contributed by atoms with Crippen LogP contribution in [0.15, 0.2) is 57.1 Å². The molecule has 20 heavy (non-hydrogen) atoms. The predicted molar refractivity (Wildman–Crippen MR) is 73.8 cm³/mol. The molecule has 98 valence electrons. The Morgan fingerprint density at radius 3 is 3.00 bits per heavy atom. The van der Waals surface area contributed by atoms with Crippen LogP contribution in [0.4, 0.5) is 0 Å². The fourth-order valence-electron chi connectivity index (χ4n) is 2.52. The molecule has 6 nitrogen and oxygen atoms in total. The maximum atomic E-state index is 11.2. The quantitative estimate of drug-likeness (QED) is 0.740. The molecule has 0 amide bonds. The van der Waals surface area contributed by atoms with E-state index in [0.29, 0.717) is 11.1 Å². The first-order valence-corrected chi connectivity index (χ1v) is 6.13. The largest absolute Gasteiger partial charge is 0.417 e. The van der Waals surface area contributed by atoms with Gasteiger partial charge in [-0.1, -0.05) is 6.07 Å². The summed E-state index contributed by atoms with van der Waals surface area (Å²) >= 11 is 0. The van der Waals surface area contributed by atoms with Crippen molar-refractivity contribution >= 4 is 17.3 Å². The Bertz CT molecular complexity index is 871. The zero-order valence-corrected chi connectivity index (χ0v) is 10.3. The number of fused-ring (bicyclic) bond motifs is 1. The third-order valence-corrected chi connectivity index (χ3v) is 3.47. The number of H-pyrrole nitrogens is 2. The smallest absolute Gasteiger partial charge is 0.408 e. The lowest BCUT2D eigenvalue weighted by atomic mass is 9.88. The van der Waals surface area contributed by atoms with E-state index in [1.54, 1.807) is 18.7 Å². The number of oxazole rings is 1. The van der Waals surface area contributed by atoms with Crippen LogP contribution in [0.25, 0.3) is 11.1 Å². The van der Waals surface area contributed by atoms with E-state index in [1.165, 1.54) is 0 Å². The van der Waals surface area contributed by atoms with E-state index >= 15 is 0 Å². The highest BCUT2D eigenvalue weighted by Crippen LogP contribution is 2.37. The molecule has 6 heteroatoms. The van der Waals surface area contributed by atoms with Gasteiger partial charge in [0.15, 0.2) is 5.58 Å². The molecule has 0 radical (unpaired) electrons. The molecule has 4 rings (SSSR count). The van der Waals surface area contributed by atoms with Crippen molar-refractivity contribution in [1.29, 1.82) is 0 Å². The fourth-order valence-corrected chi connectivity index (χ4v) is 2.52. The molecule has 3 aromatic rings. The first-order valence-electron chi connectivity index (χ1n) is 6.13. The second kappa shape index (κ2) is 3.80. The first kappa shape index (κ1) is 11.0. The maximum absolute atomic E-state index is 11.2. The number of aromatic nitrogens is 3. The Morgan fingerprint density at radius 2 is 2.25 bits per heavy atom. The van der Waals surface area contributed by atoms with Crippen molar-refractivity contribution < 1.29 is 4.42 Å². The topological polar surface area (TPSA) is 87.0 Å². The number of aliphatic imine (C=N–C) groups is 1. The molecule has 1 aliphatic rings. The standard InChI is InChI=1S/C14H10N4O2/c19-13-18-10-3-2-9(6-11(10)20-13)14(4-1-5-17-14)12-7-15-8-16-12/h1-8H,(H,15,16)(H,18,19). The summed E-state index contributed by atoms with van der Waals surface area (Å²) in [6.07, 6.45) is 8.97. The zero-order valence-electron chi connectivity index (χ0n) is 10.3. The molecule has 2 aromatic heterocycles. The van der Waals surface area contributed by atoms with Crippen molar-refractivity contribution in [1.82, 2.24) is 15.0 Å². The Kier molecular flexibility index (Phi) is 2.09. The molecule has 0 fully saturated rings. The van der Waals surface area contributed by atoms with Crippen LogP contribution in [0.3, 0.4) is 0 Å². The van der Waals surface area contributed by atoms with E-state index in [9.17, 15) is 4.79 Å². The highest BCUT2D eigenvalue weighted by molar-refractivity contribution is 5.79. The van der Waals surface area contributed by atoms with Crippen molar-refractivity contribution in [3.05, 3.63) is 64.7 Å². The summed E-state index contributed by atoms with van der Waals surface area (Å²) in [4.78, 5) is 25.6. The van der Waals surface area contributed by atoms with Crippen molar-refractivity contribution in [2.75, 3.05) is 0 Å². The van der Waals surface area contributed by atoms with Gasteiger partial charge in [0.25, 0.3) is 0 Å². The molecule has 0 saturated carbocycles. The van der Waals surface area contributed by atoms with Crippen LogP contribution in [0.2, 0.25) is 0 Å². The van der Waals surface area contributed by atoms with Gasteiger partial charge in [-0.3, -0.25) is 9.98 Å². The minimum Gasteiger partial charge on any atom is -0.408 e. The average molecular weight is 266 g/mol. The van der Waals surface area contributed by atoms with E-state index in [4.69, 9.17) is 4.42 Å². The summed E-state index contributed by atoms with van der Waals surface area (Å²) in [7, 11) is 0. The van der Waals surface area contributed by atoms with Crippen molar-refractivity contribution in [2.24, 2.45) is 4.99 Å². The number of hydrogen-bond donors (Lipinski definition) is 2. The number of nitrogens with zero attached hydrogens (tertiary/aromatic N) is 2. The van der Waals surface area contributed by atoms with Gasteiger partial charge in [-0.05, 0) is 29.8 Å². The molecule has 3 heterocycles. The van der Waals surface area contributed by atoms with Crippen LogP contribution in [-0.4, -0.2) is 21.2 Å². The lowest BCUT2D eigenvalue weighted by Crippen LogP contribution is -2.21. The van der Waals surface area contributed by atoms with Gasteiger partial charge in [-0.2, -0.15) is 0 Å². The average Bonchev–Trinajstić information content (AvgIpc) is 3.17. The number of allylic oxidation sites excluding steroid dienone is 1. The van der Waals surface area contributed by atoms with Gasteiger partial charge >= 0.3 is 5.76 Å². The molecular formula is C14H10N4O2. The van der Waals surface area contributed by atoms with Gasteiger partial charge in [0, 0.05) is 6.21 Å². The second-order valence-corrected chi connectivity index (χ2v) is 4.59. The summed E-state index contributed by atoms with van der Waals surface area (Å²) in [5, 5.41) is 0. The van der Waals surface area contributed by atoms with Gasteiger partial charge in [-0.25, -0.2) is 9.78 Å². The SMILES string of the molecule is O=c1[nH]c2ccc(C3(c4cnc[nH]4)C=CC=N3)cc2o1. The lowest BCUT2D eigenvalue weighted by molar-refractivity contribution is 0.554. The van der Waals surface area contributed by atoms with E-state index in [2.05, 4.69) is 19.9 Å². The molecule has 0 bridgehead atoms. The third kappa shape index (κ3) is 1.41. The third-order valence-electron chi connectivity index (χ3n) is 3.47. The van der Waals surface area contributed by atoms with Gasteiger partial charge in [0.2, 0.25) is 0 Å². The number of rotatable bonds is 2. The van der Waals surface area contributed by atoms with Crippen molar-refractivity contribution in [3.8, 4) is 0 Å². The van der Waals surface area contributed by atoms with Crippen LogP contribution < -0.4 is 5.76 Å². The fraction of sp³-hybridized carbons (Fsp3) is 0.0714. The normalized spacial score (nSPS) is 21.0. The van der Waals surface area contributed by atoms with Crippen LogP contribution in [-0.2, 0) is 5.54 Å². The molecule has 1 unspecified atom stereocenters. The Morgan fingerprint density at radius 1 is 1.30 bits per heavy atom. The highest BCUT2D eigenvalue weighted by Gasteiger charge is 2.34. The summed E-state index contributed by atoms with van der Waals surface area (Å²) < 4.78 is 5.12. The molecule has 0 spiro atoms. The lowest BCUT2D eigenvalue weighted by Gasteiger charge is -2.23. The Hall–Kier alpha value is -2.89.